The van der Waals surface area contributed by atoms with Crippen molar-refractivity contribution in [1.82, 2.24) is 49.8 Å². The Balaban J connectivity index is 0.000000266. The van der Waals surface area contributed by atoms with Crippen molar-refractivity contribution in [3.05, 3.63) is 326 Å². The minimum Gasteiger partial charge on any atom is -0.477 e. The molecule has 6 heterocycles. The van der Waals surface area contributed by atoms with Crippen LogP contribution in [0.4, 0.5) is 0 Å². The number of aromatic carboxylic acids is 1. The van der Waals surface area contributed by atoms with E-state index in [0.717, 1.165) is 123 Å². The molecule has 568 valence electrons. The predicted molar refractivity (Wildman–Crippen MR) is 413 cm³/mol. The summed E-state index contributed by atoms with van der Waals surface area (Å²) in [7, 11) is 2.71. The van der Waals surface area contributed by atoms with Gasteiger partial charge in [-0.25, -0.2) is 9.78 Å². The van der Waals surface area contributed by atoms with E-state index in [2.05, 4.69) is 89.6 Å². The van der Waals surface area contributed by atoms with Gasteiger partial charge in [0, 0.05) is 159 Å². The number of ether oxygens (including phenoxy) is 2. The van der Waals surface area contributed by atoms with Gasteiger partial charge in [0.1, 0.15) is 5.69 Å². The number of benzene rings is 9. The van der Waals surface area contributed by atoms with E-state index < -0.39 is 18.5 Å². The summed E-state index contributed by atoms with van der Waals surface area (Å²) >= 11 is 0. The number of carboxylic acid groups (broad SMARTS) is 1. The number of aliphatic hydroxyl groups excluding tert-OH is 4. The van der Waals surface area contributed by atoms with Crippen molar-refractivity contribution in [1.29, 1.82) is 0 Å². The second-order valence-corrected chi connectivity index (χ2v) is 23.3. The van der Waals surface area contributed by atoms with E-state index in [-0.39, 0.29) is 105 Å². The average molecular weight is 2160 g/mol. The summed E-state index contributed by atoms with van der Waals surface area (Å²) in [6, 6.07) is 97.3. The molecule has 4 unspecified atom stereocenters. The monoisotopic (exact) mass is 2170 g/mol. The molecule has 0 spiro atoms. The first-order chi connectivity index (χ1) is 51.0. The quantitative estimate of drug-likeness (QED) is 0.0562. The minimum absolute atomic E-state index is 0. The van der Waals surface area contributed by atoms with Crippen LogP contribution in [0, 0.1) is 58.0 Å². The van der Waals surface area contributed by atoms with Gasteiger partial charge in [-0.15, -0.1) is 179 Å². The number of carbonyl (C=O) groups is 1. The fraction of sp³-hybridized carbons (Fsp3) is 0.161. The van der Waals surface area contributed by atoms with Crippen LogP contribution in [-0.4, -0.2) is 120 Å². The zero-order chi connectivity index (χ0) is 74.7. The number of fused-ring (bicyclic) bond motifs is 4. The van der Waals surface area contributed by atoms with Crippen LogP contribution in [-0.2, 0) is 89.9 Å². The molecule has 0 aliphatic heterocycles. The first kappa shape index (κ1) is 91.9. The molecule has 15 rings (SSSR count). The van der Waals surface area contributed by atoms with Crippen LogP contribution in [0.5, 0.6) is 0 Å². The van der Waals surface area contributed by atoms with E-state index in [1.807, 2.05) is 264 Å². The summed E-state index contributed by atoms with van der Waals surface area (Å²) in [6.45, 7) is 11.2. The van der Waals surface area contributed by atoms with Gasteiger partial charge in [0.15, 0.2) is 12.6 Å². The Kier molecular flexibility index (Phi) is 41.7. The van der Waals surface area contributed by atoms with E-state index in [0.29, 0.717) is 6.42 Å². The van der Waals surface area contributed by atoms with Gasteiger partial charge < -0.3 is 40.0 Å². The number of methoxy groups -OCH3 is 2. The number of aliphatic hydroxyl groups is 4. The Morgan fingerprint density at radius 3 is 0.780 bits per heavy atom. The normalized spacial score (nSPS) is 11.1. The van der Waals surface area contributed by atoms with Crippen LogP contribution in [0.25, 0.3) is 100 Å². The molecule has 5 N–H and O–H groups in total. The molecule has 0 amide bonds. The fourth-order valence-corrected chi connectivity index (χ4v) is 9.96. The van der Waals surface area contributed by atoms with Gasteiger partial charge in [0.25, 0.3) is 0 Å². The van der Waals surface area contributed by atoms with E-state index in [4.69, 9.17) is 25.5 Å². The van der Waals surface area contributed by atoms with E-state index in [9.17, 15) is 4.79 Å². The van der Waals surface area contributed by atoms with Gasteiger partial charge in [-0.1, -0.05) is 66.7 Å². The van der Waals surface area contributed by atoms with Gasteiger partial charge in [-0.05, 0) is 120 Å². The number of nitrogens with zero attached hydrogens (tertiary/aromatic N) is 10. The molecule has 9 aromatic carbocycles. The van der Waals surface area contributed by atoms with Crippen LogP contribution in [0.3, 0.4) is 0 Å². The first-order valence-corrected chi connectivity index (χ1v) is 33.6. The van der Waals surface area contributed by atoms with Crippen LogP contribution in [0.1, 0.15) is 60.0 Å². The zero-order valence-electron chi connectivity index (χ0n) is 60.9. The predicted octanol–water partition coefficient (Wildman–Crippen LogP) is 16.4. The Bertz CT molecular complexity index is 4550. The SMILES string of the molecule is CC(O)CC(C)O.COC(O)CC(O)OC.Cc1nc2ccccc2nc1-c1[c-]cccc1.Cc1nc2ccccc2nc1-c1[c-]cccc1.Cc1nc2ccccc2nc1-c1[c-]cccc1.Cc1nc2ccccc2nc1-c1[c-]cccc1.O=C(O)c1ccccn1.[Ir].[Ir].[Ir].[Ir].[c-]1ccccc1-c1ccccn1. The maximum Gasteiger partial charge on any atom is 0.354 e. The standard InChI is InChI=1S/4C15H11N2.C11H8N.C6H5NO2.C5H12O4.C5H12O2.4Ir/c4*1-11-15(12-7-3-2-4-8-12)17-14-10-6-5-9-13(14)16-11;1-2-6-10(7-3-1)11-8-4-5-9-12-11;8-6(9)5-3-1-2-4-7-5;1-8-4(6)3-5(7)9-2;1-4(6)3-5(2)7;;;;/h4*2-7,9-10H,1H3;1-6,8-9H;1-4H,(H,8,9);4-7H,3H2,1-2H3;4-7H,3H2,1-2H3;;;;/q5*-1;;;;;;;. The van der Waals surface area contributed by atoms with Gasteiger partial charge in [-0.2, -0.15) is 0 Å². The van der Waals surface area contributed by atoms with Crippen LogP contribution < -0.4 is 0 Å². The number of hydrogen-bond acceptors (Lipinski definition) is 17. The summed E-state index contributed by atoms with van der Waals surface area (Å²) in [5.74, 6) is -0.990. The third-order valence-electron chi connectivity index (χ3n) is 15.0. The fourth-order valence-electron chi connectivity index (χ4n) is 9.96. The molecule has 6 aromatic heterocycles. The molecular weight excluding hydrogens is 2080 g/mol. The Morgan fingerprint density at radius 2 is 0.578 bits per heavy atom. The number of hydrogen-bond donors (Lipinski definition) is 5. The van der Waals surface area contributed by atoms with E-state index in [1.165, 1.54) is 26.5 Å². The number of aryl methyl sites for hydroxylation is 4. The van der Waals surface area contributed by atoms with Crippen LogP contribution >= 0.6 is 0 Å². The molecule has 0 aliphatic carbocycles. The molecule has 0 saturated carbocycles. The summed E-state index contributed by atoms with van der Waals surface area (Å²) in [5, 5.41) is 42.8. The maximum atomic E-state index is 10.1. The van der Waals surface area contributed by atoms with Crippen molar-refractivity contribution < 1.29 is 120 Å². The smallest absolute Gasteiger partial charge is 0.354 e. The third kappa shape index (κ3) is 30.1. The molecule has 0 fully saturated rings. The van der Waals surface area contributed by atoms with Crippen molar-refractivity contribution in [2.75, 3.05) is 14.2 Å². The number of para-hydroxylation sites is 8. The minimum atomic E-state index is -0.990. The number of aromatic nitrogens is 10. The summed E-state index contributed by atoms with van der Waals surface area (Å²) in [4.78, 5) is 54.8. The topological polar surface area (TPSA) is 266 Å². The Morgan fingerprint density at radius 1 is 0.330 bits per heavy atom. The van der Waals surface area contributed by atoms with Crippen molar-refractivity contribution in [2.24, 2.45) is 0 Å². The molecule has 109 heavy (non-hydrogen) atoms. The molecule has 0 aliphatic rings. The van der Waals surface area contributed by atoms with Crippen molar-refractivity contribution in [2.45, 2.75) is 79.2 Å². The summed E-state index contributed by atoms with van der Waals surface area (Å²) < 4.78 is 8.88. The van der Waals surface area contributed by atoms with Gasteiger partial charge in [0.05, 0.1) is 56.3 Å². The number of pyridine rings is 2. The van der Waals surface area contributed by atoms with Gasteiger partial charge in [-0.3, -0.25) is 39.9 Å². The average Bonchev–Trinajstić information content (AvgIpc) is 0.815. The molecule has 15 aromatic rings. The van der Waals surface area contributed by atoms with Crippen molar-refractivity contribution >= 4 is 50.1 Å². The first-order valence-electron chi connectivity index (χ1n) is 33.6. The summed E-state index contributed by atoms with van der Waals surface area (Å²) in [5.41, 5.74) is 20.8. The largest absolute Gasteiger partial charge is 0.477 e. The maximum absolute atomic E-state index is 10.1. The molecule has 22 heteroatoms. The second kappa shape index (κ2) is 49.5. The number of carboxylic acids is 1. The van der Waals surface area contributed by atoms with E-state index >= 15 is 0 Å². The van der Waals surface area contributed by atoms with Crippen molar-refractivity contribution in [3.63, 3.8) is 0 Å². The van der Waals surface area contributed by atoms with Crippen LogP contribution in [0.2, 0.25) is 0 Å². The number of rotatable bonds is 12. The van der Waals surface area contributed by atoms with Gasteiger partial charge in [0.2, 0.25) is 0 Å². The molecule has 4 radical (unpaired) electrons. The second-order valence-electron chi connectivity index (χ2n) is 23.3. The molecule has 0 bridgehead atoms. The summed E-state index contributed by atoms with van der Waals surface area (Å²) in [6.07, 6.45) is 1.15. The molecule has 0 saturated heterocycles. The molecule has 18 nitrogen and oxygen atoms in total. The van der Waals surface area contributed by atoms with Crippen molar-refractivity contribution in [3.8, 4) is 56.3 Å². The zero-order valence-corrected chi connectivity index (χ0v) is 70.5. The molecular formula is C87H81Ir4N10O8-5. The Labute approximate surface area is 690 Å². The molecule has 4 atom stereocenters. The van der Waals surface area contributed by atoms with Crippen LogP contribution in [0.15, 0.2) is 267 Å². The Hall–Kier alpha value is -9.53. The van der Waals surface area contributed by atoms with Gasteiger partial charge >= 0.3 is 5.97 Å². The third-order valence-corrected chi connectivity index (χ3v) is 15.0. The van der Waals surface area contributed by atoms with E-state index in [1.54, 1.807) is 32.2 Å².